The number of nitrogens with zero attached hydrogens (tertiary/aromatic N) is 2. The number of nitrogens with two attached hydrogens (primary N) is 1. The topological polar surface area (TPSA) is 155 Å². The van der Waals surface area contributed by atoms with E-state index in [0.717, 1.165) is 12.5 Å². The number of primary amides is 1. The maximum absolute atomic E-state index is 12.9. The van der Waals surface area contributed by atoms with Gasteiger partial charge in [-0.2, -0.15) is 0 Å². The second-order valence-electron chi connectivity index (χ2n) is 8.21. The monoisotopic (exact) mass is 529 g/mol. The molecule has 11 nitrogen and oxygen atoms in total. The zero-order chi connectivity index (χ0) is 27.3. The third-order valence-corrected chi connectivity index (χ3v) is 7.29. The van der Waals surface area contributed by atoms with Gasteiger partial charge in [0.25, 0.3) is 27.6 Å². The number of sulfonamides is 1. The van der Waals surface area contributed by atoms with Gasteiger partial charge in [0.15, 0.2) is 5.75 Å². The molecule has 0 saturated heterocycles. The molecule has 0 radical (unpaired) electrons. The molecule has 3 rings (SSSR count). The van der Waals surface area contributed by atoms with Crippen molar-refractivity contribution in [1.29, 1.82) is 0 Å². The fourth-order valence-electron chi connectivity index (χ4n) is 3.93. The summed E-state index contributed by atoms with van der Waals surface area (Å²) in [6, 6.07) is 14.0. The fraction of sp³-hybridized carbons (Fsp3) is 0.280. The number of amides is 2. The van der Waals surface area contributed by atoms with E-state index in [1.54, 1.807) is 23.6 Å². The second kappa shape index (κ2) is 11.2. The van der Waals surface area contributed by atoms with Gasteiger partial charge in [-0.15, -0.1) is 0 Å². The number of carbonyl (C=O) groups excluding carboxylic acids is 4. The molecule has 3 aromatic rings. The lowest BCUT2D eigenvalue weighted by atomic mass is 10.1. The molecular formula is C25H27N3O8S. The number of rotatable bonds is 11. The van der Waals surface area contributed by atoms with Crippen molar-refractivity contribution in [2.45, 2.75) is 33.2 Å². The van der Waals surface area contributed by atoms with Crippen LogP contribution in [-0.4, -0.2) is 53.9 Å². The average molecular weight is 530 g/mol. The normalized spacial score (nSPS) is 11.2. The highest BCUT2D eigenvalue weighted by Gasteiger charge is 2.31. The number of carbonyl (C=O) groups is 4. The lowest BCUT2D eigenvalue weighted by Gasteiger charge is -2.21. The third-order valence-electron chi connectivity index (χ3n) is 5.65. The quantitative estimate of drug-likeness (QED) is 0.171. The number of Topliss-reactive ketones (excluding diaryl/α,β-unsaturated/α-hetero) is 1. The Morgan fingerprint density at radius 2 is 1.70 bits per heavy atom. The number of aromatic nitrogens is 1. The Morgan fingerprint density at radius 3 is 2.30 bits per heavy atom. The van der Waals surface area contributed by atoms with Gasteiger partial charge < -0.3 is 19.9 Å². The van der Waals surface area contributed by atoms with Crippen molar-refractivity contribution in [3.63, 3.8) is 0 Å². The smallest absolute Gasteiger partial charge is 0.305 e. The first-order valence-corrected chi connectivity index (χ1v) is 12.9. The van der Waals surface area contributed by atoms with Crippen molar-refractivity contribution in [3.8, 4) is 5.75 Å². The van der Waals surface area contributed by atoms with Gasteiger partial charge in [-0.3, -0.25) is 19.2 Å². The van der Waals surface area contributed by atoms with Gasteiger partial charge in [-0.25, -0.2) is 8.42 Å². The molecule has 1 heterocycles. The molecule has 2 amide bonds. The van der Waals surface area contributed by atoms with Crippen molar-refractivity contribution in [3.05, 3.63) is 65.4 Å². The molecule has 0 saturated carbocycles. The molecule has 0 atom stereocenters. The number of hydrogen-bond donors (Lipinski definition) is 1. The van der Waals surface area contributed by atoms with Crippen LogP contribution in [0.15, 0.2) is 48.5 Å². The molecule has 0 unspecified atom stereocenters. The molecule has 0 aliphatic carbocycles. The maximum Gasteiger partial charge on any atom is 0.305 e. The highest BCUT2D eigenvalue weighted by molar-refractivity contribution is 7.89. The van der Waals surface area contributed by atoms with Crippen LogP contribution < -0.4 is 10.6 Å². The summed E-state index contributed by atoms with van der Waals surface area (Å²) in [7, 11) is -3.14. The Bertz CT molecular complexity index is 1460. The van der Waals surface area contributed by atoms with E-state index >= 15 is 0 Å². The van der Waals surface area contributed by atoms with E-state index < -0.39 is 39.3 Å². The first-order chi connectivity index (χ1) is 17.5. The van der Waals surface area contributed by atoms with Gasteiger partial charge in [0.1, 0.15) is 0 Å². The van der Waals surface area contributed by atoms with Gasteiger partial charge in [-0.1, -0.05) is 40.9 Å². The van der Waals surface area contributed by atoms with Gasteiger partial charge in [0.05, 0.1) is 29.3 Å². The summed E-state index contributed by atoms with van der Waals surface area (Å²) in [6.45, 7) is 2.97. The van der Waals surface area contributed by atoms with E-state index in [1.165, 1.54) is 13.2 Å². The van der Waals surface area contributed by atoms with Crippen LogP contribution in [0.4, 0.5) is 0 Å². The summed E-state index contributed by atoms with van der Waals surface area (Å²) in [5.74, 6) is -4.43. The van der Waals surface area contributed by atoms with Crippen molar-refractivity contribution in [2.75, 3.05) is 12.9 Å². The Kier molecular flexibility index (Phi) is 8.33. The predicted molar refractivity (Wildman–Crippen MR) is 134 cm³/mol. The van der Waals surface area contributed by atoms with E-state index in [0.29, 0.717) is 17.8 Å². The van der Waals surface area contributed by atoms with Crippen LogP contribution in [0.2, 0.25) is 0 Å². The van der Waals surface area contributed by atoms with Crippen LogP contribution in [0.3, 0.4) is 0 Å². The van der Waals surface area contributed by atoms with E-state index in [9.17, 15) is 27.6 Å². The largest absolute Gasteiger partial charge is 0.469 e. The van der Waals surface area contributed by atoms with E-state index in [-0.39, 0.29) is 34.0 Å². The van der Waals surface area contributed by atoms with Gasteiger partial charge >= 0.3 is 5.97 Å². The van der Waals surface area contributed by atoms with Gasteiger partial charge in [0, 0.05) is 25.6 Å². The lowest BCUT2D eigenvalue weighted by Crippen LogP contribution is -2.39. The minimum atomic E-state index is -4.32. The van der Waals surface area contributed by atoms with Crippen molar-refractivity contribution >= 4 is 44.5 Å². The molecule has 0 bridgehead atoms. The molecule has 0 fully saturated rings. The standard InChI is InChI=1S/C25H27N3O8S/c1-16-22(24(31)25(26)32)23-19(27(16)15-18-9-5-4-6-10-18)11-7-12-20(23)36-28(17(2)29)37(33,34)14-8-13-21(30)35-3/h4-7,9-12H,8,13-15H2,1-3H3,(H2,26,32). The van der Waals surface area contributed by atoms with Crippen LogP contribution >= 0.6 is 0 Å². The van der Waals surface area contributed by atoms with Crippen LogP contribution in [-0.2, 0) is 35.7 Å². The first-order valence-electron chi connectivity index (χ1n) is 11.3. The maximum atomic E-state index is 12.9. The van der Waals surface area contributed by atoms with Crippen molar-refractivity contribution < 1.29 is 37.2 Å². The molecule has 12 heteroatoms. The zero-order valence-electron chi connectivity index (χ0n) is 20.6. The van der Waals surface area contributed by atoms with E-state index in [4.69, 9.17) is 10.6 Å². The van der Waals surface area contributed by atoms with Crippen LogP contribution in [0.1, 0.15) is 41.4 Å². The predicted octanol–water partition coefficient (Wildman–Crippen LogP) is 2.09. The molecule has 0 spiro atoms. The van der Waals surface area contributed by atoms with Crippen LogP contribution in [0.25, 0.3) is 10.9 Å². The number of esters is 1. The summed E-state index contributed by atoms with van der Waals surface area (Å²) in [6.07, 6.45) is -0.278. The average Bonchev–Trinajstić information content (AvgIpc) is 3.13. The minimum Gasteiger partial charge on any atom is -0.469 e. The Labute approximate surface area is 213 Å². The summed E-state index contributed by atoms with van der Waals surface area (Å²) in [4.78, 5) is 54.0. The first kappa shape index (κ1) is 27.4. The summed E-state index contributed by atoms with van der Waals surface area (Å²) >= 11 is 0. The highest BCUT2D eigenvalue weighted by Crippen LogP contribution is 2.35. The Morgan fingerprint density at radius 1 is 1.03 bits per heavy atom. The van der Waals surface area contributed by atoms with Crippen LogP contribution in [0.5, 0.6) is 5.75 Å². The zero-order valence-corrected chi connectivity index (χ0v) is 21.4. The van der Waals surface area contributed by atoms with E-state index in [1.807, 2.05) is 30.3 Å². The summed E-state index contributed by atoms with van der Waals surface area (Å²) in [5, 5.41) is 0.135. The molecule has 37 heavy (non-hydrogen) atoms. The number of fused-ring (bicyclic) bond motifs is 1. The van der Waals surface area contributed by atoms with Gasteiger partial charge in [0.2, 0.25) is 0 Å². The molecule has 0 aliphatic heterocycles. The number of hydrogen-bond acceptors (Lipinski definition) is 8. The minimum absolute atomic E-state index is 0.0550. The Balaban J connectivity index is 2.11. The van der Waals surface area contributed by atoms with Crippen molar-refractivity contribution in [1.82, 2.24) is 9.04 Å². The van der Waals surface area contributed by atoms with Crippen molar-refractivity contribution in [2.24, 2.45) is 5.73 Å². The SMILES string of the molecule is COC(=O)CCCS(=O)(=O)N(Oc1cccc2c1c(C(=O)C(N)=O)c(C)n2Cc1ccccc1)C(C)=O. The second-order valence-corrected chi connectivity index (χ2v) is 10.1. The number of benzene rings is 2. The number of methoxy groups -OCH3 is 1. The third kappa shape index (κ3) is 5.97. The lowest BCUT2D eigenvalue weighted by molar-refractivity contribution is -0.140. The summed E-state index contributed by atoms with van der Waals surface area (Å²) < 4.78 is 32.3. The van der Waals surface area contributed by atoms with Crippen LogP contribution in [0, 0.1) is 6.92 Å². The molecule has 0 aliphatic rings. The molecule has 196 valence electrons. The number of hydroxylamine groups is 1. The molecule has 1 aromatic heterocycles. The molecule has 2 aromatic carbocycles. The molecule has 2 N–H and O–H groups in total. The highest BCUT2D eigenvalue weighted by atomic mass is 32.2. The summed E-state index contributed by atoms with van der Waals surface area (Å²) in [5.41, 5.74) is 7.04. The van der Waals surface area contributed by atoms with E-state index in [2.05, 4.69) is 4.74 Å². The fourth-order valence-corrected chi connectivity index (χ4v) is 5.19. The number of ketones is 1. The number of ether oxygens (including phenoxy) is 1. The van der Waals surface area contributed by atoms with Gasteiger partial charge in [-0.05, 0) is 31.0 Å². The Hall–Kier alpha value is -4.19. The molecular weight excluding hydrogens is 502 g/mol.